The summed E-state index contributed by atoms with van der Waals surface area (Å²) >= 11 is 0. The van der Waals surface area contributed by atoms with Crippen LogP contribution < -0.4 is 5.32 Å². The lowest BCUT2D eigenvalue weighted by molar-refractivity contribution is 0.0947. The molecular weight excluding hydrogens is 290 g/mol. The SMILES string of the molecule is Cc1nc2ccccc2n1CCNC(=O)c1cnc(C(C)C)[nH]1. The summed E-state index contributed by atoms with van der Waals surface area (Å²) in [5, 5.41) is 2.92. The molecule has 0 saturated carbocycles. The highest BCUT2D eigenvalue weighted by atomic mass is 16.1. The molecule has 0 atom stereocenters. The second kappa shape index (κ2) is 6.24. The molecule has 3 aromatic rings. The average molecular weight is 311 g/mol. The van der Waals surface area contributed by atoms with E-state index in [1.54, 1.807) is 6.20 Å². The van der Waals surface area contributed by atoms with E-state index in [1.807, 2.05) is 45.0 Å². The van der Waals surface area contributed by atoms with Crippen LogP contribution in [0.1, 0.15) is 41.9 Å². The summed E-state index contributed by atoms with van der Waals surface area (Å²) in [6.45, 7) is 7.27. The molecule has 1 amide bonds. The number of benzene rings is 1. The third-order valence-electron chi connectivity index (χ3n) is 3.85. The highest BCUT2D eigenvalue weighted by molar-refractivity contribution is 5.92. The summed E-state index contributed by atoms with van der Waals surface area (Å²) < 4.78 is 2.11. The van der Waals surface area contributed by atoms with Crippen molar-refractivity contribution in [3.05, 3.63) is 47.8 Å². The molecule has 0 saturated heterocycles. The topological polar surface area (TPSA) is 75.6 Å². The van der Waals surface area contributed by atoms with Crippen LogP contribution in [0.25, 0.3) is 11.0 Å². The summed E-state index contributed by atoms with van der Waals surface area (Å²) in [5.74, 6) is 1.92. The Morgan fingerprint density at radius 2 is 2.13 bits per heavy atom. The van der Waals surface area contributed by atoms with Gasteiger partial charge in [-0.1, -0.05) is 26.0 Å². The maximum absolute atomic E-state index is 12.2. The number of aromatic amines is 1. The van der Waals surface area contributed by atoms with Crippen LogP contribution in [0.3, 0.4) is 0 Å². The number of hydrogen-bond acceptors (Lipinski definition) is 3. The van der Waals surface area contributed by atoms with Crippen LogP contribution in [0.15, 0.2) is 30.5 Å². The minimum atomic E-state index is -0.133. The standard InChI is InChI=1S/C17H21N5O/c1-11(2)16-19-10-14(21-16)17(23)18-8-9-22-12(3)20-13-6-4-5-7-15(13)22/h4-7,10-11H,8-9H2,1-3H3,(H,18,23)(H,19,21). The van der Waals surface area contributed by atoms with Gasteiger partial charge >= 0.3 is 0 Å². The zero-order valence-corrected chi connectivity index (χ0v) is 13.6. The van der Waals surface area contributed by atoms with Crippen molar-refractivity contribution in [1.82, 2.24) is 24.8 Å². The third-order valence-corrected chi connectivity index (χ3v) is 3.85. The molecule has 2 heterocycles. The molecule has 23 heavy (non-hydrogen) atoms. The first kappa shape index (κ1) is 15.3. The number of amides is 1. The lowest BCUT2D eigenvalue weighted by Crippen LogP contribution is -2.27. The number of aryl methyl sites for hydroxylation is 1. The Kier molecular flexibility index (Phi) is 4.14. The molecule has 0 unspecified atom stereocenters. The molecule has 0 aliphatic heterocycles. The maximum Gasteiger partial charge on any atom is 0.269 e. The van der Waals surface area contributed by atoms with E-state index in [4.69, 9.17) is 0 Å². The number of rotatable bonds is 5. The molecule has 0 spiro atoms. The minimum Gasteiger partial charge on any atom is -0.349 e. The number of fused-ring (bicyclic) bond motifs is 1. The molecule has 0 aliphatic carbocycles. The van der Waals surface area contributed by atoms with E-state index in [0.717, 1.165) is 22.7 Å². The number of aromatic nitrogens is 4. The fraction of sp³-hybridized carbons (Fsp3) is 0.353. The zero-order chi connectivity index (χ0) is 16.4. The molecule has 2 aromatic heterocycles. The number of carbonyl (C=O) groups is 1. The van der Waals surface area contributed by atoms with E-state index in [1.165, 1.54) is 0 Å². The van der Waals surface area contributed by atoms with Crippen LogP contribution in [0, 0.1) is 6.92 Å². The Morgan fingerprint density at radius 1 is 1.35 bits per heavy atom. The number of H-pyrrole nitrogens is 1. The Bertz CT molecular complexity index is 830. The predicted octanol–water partition coefficient (Wildman–Crippen LogP) is 2.62. The number of carbonyl (C=O) groups excluding carboxylic acids is 1. The molecule has 0 aliphatic rings. The van der Waals surface area contributed by atoms with Crippen LogP contribution >= 0.6 is 0 Å². The second-order valence-electron chi connectivity index (χ2n) is 5.89. The zero-order valence-electron chi connectivity index (χ0n) is 13.6. The molecule has 6 nitrogen and oxygen atoms in total. The number of nitrogens with zero attached hydrogens (tertiary/aromatic N) is 3. The molecule has 2 N–H and O–H groups in total. The third kappa shape index (κ3) is 3.11. The number of hydrogen-bond donors (Lipinski definition) is 2. The Balaban J connectivity index is 1.64. The fourth-order valence-electron chi connectivity index (χ4n) is 2.60. The van der Waals surface area contributed by atoms with Gasteiger partial charge in [0, 0.05) is 19.0 Å². The largest absolute Gasteiger partial charge is 0.349 e. The van der Waals surface area contributed by atoms with Crippen molar-refractivity contribution in [2.75, 3.05) is 6.54 Å². The first-order valence-electron chi connectivity index (χ1n) is 7.81. The molecule has 0 bridgehead atoms. The van der Waals surface area contributed by atoms with Gasteiger partial charge in [-0.3, -0.25) is 4.79 Å². The maximum atomic E-state index is 12.2. The summed E-state index contributed by atoms with van der Waals surface area (Å²) in [6.07, 6.45) is 1.59. The van der Waals surface area contributed by atoms with Crippen molar-refractivity contribution in [2.24, 2.45) is 0 Å². The minimum absolute atomic E-state index is 0.133. The van der Waals surface area contributed by atoms with E-state index in [-0.39, 0.29) is 11.8 Å². The van der Waals surface area contributed by atoms with Crippen molar-refractivity contribution < 1.29 is 4.79 Å². The van der Waals surface area contributed by atoms with Gasteiger partial charge < -0.3 is 14.9 Å². The summed E-state index contributed by atoms with van der Waals surface area (Å²) in [7, 11) is 0. The van der Waals surface area contributed by atoms with Crippen LogP contribution in [-0.2, 0) is 6.54 Å². The fourth-order valence-corrected chi connectivity index (χ4v) is 2.60. The molecule has 6 heteroatoms. The van der Waals surface area contributed by atoms with Gasteiger partial charge in [-0.15, -0.1) is 0 Å². The van der Waals surface area contributed by atoms with Gasteiger partial charge in [-0.25, -0.2) is 9.97 Å². The van der Waals surface area contributed by atoms with Crippen LogP contribution in [0.5, 0.6) is 0 Å². The van der Waals surface area contributed by atoms with Crippen LogP contribution in [0.2, 0.25) is 0 Å². The van der Waals surface area contributed by atoms with Crippen molar-refractivity contribution in [2.45, 2.75) is 33.2 Å². The predicted molar refractivity (Wildman–Crippen MR) is 89.5 cm³/mol. The normalized spacial score (nSPS) is 11.3. The summed E-state index contributed by atoms with van der Waals surface area (Å²) in [6, 6.07) is 8.01. The van der Waals surface area contributed by atoms with Gasteiger partial charge in [0.2, 0.25) is 0 Å². The molecule has 120 valence electrons. The van der Waals surface area contributed by atoms with E-state index < -0.39 is 0 Å². The molecule has 3 rings (SSSR count). The van der Waals surface area contributed by atoms with Crippen molar-refractivity contribution in [3.8, 4) is 0 Å². The van der Waals surface area contributed by atoms with E-state index in [2.05, 4.69) is 24.8 Å². The van der Waals surface area contributed by atoms with Gasteiger partial charge in [0.25, 0.3) is 5.91 Å². The van der Waals surface area contributed by atoms with Gasteiger partial charge in [0.05, 0.1) is 17.2 Å². The second-order valence-corrected chi connectivity index (χ2v) is 5.89. The van der Waals surface area contributed by atoms with Crippen LogP contribution in [-0.4, -0.2) is 32.0 Å². The van der Waals surface area contributed by atoms with Gasteiger partial charge in [-0.2, -0.15) is 0 Å². The molecule has 1 aromatic carbocycles. The first-order valence-corrected chi connectivity index (χ1v) is 7.81. The number of imidazole rings is 2. The number of nitrogens with one attached hydrogen (secondary N) is 2. The first-order chi connectivity index (χ1) is 11.1. The Hall–Kier alpha value is -2.63. The summed E-state index contributed by atoms with van der Waals surface area (Å²) in [5.41, 5.74) is 2.57. The highest BCUT2D eigenvalue weighted by Gasteiger charge is 2.11. The molecular formula is C17H21N5O. The van der Waals surface area contributed by atoms with Gasteiger partial charge in [-0.05, 0) is 19.1 Å². The van der Waals surface area contributed by atoms with Crippen molar-refractivity contribution >= 4 is 16.9 Å². The van der Waals surface area contributed by atoms with Crippen molar-refractivity contribution in [1.29, 1.82) is 0 Å². The average Bonchev–Trinajstić information content (AvgIpc) is 3.12. The molecule has 0 fully saturated rings. The Morgan fingerprint density at radius 3 is 2.87 bits per heavy atom. The smallest absolute Gasteiger partial charge is 0.269 e. The quantitative estimate of drug-likeness (QED) is 0.760. The van der Waals surface area contributed by atoms with E-state index in [9.17, 15) is 4.79 Å². The van der Waals surface area contributed by atoms with E-state index in [0.29, 0.717) is 18.8 Å². The monoisotopic (exact) mass is 311 g/mol. The highest BCUT2D eigenvalue weighted by Crippen LogP contribution is 2.15. The van der Waals surface area contributed by atoms with Crippen LogP contribution in [0.4, 0.5) is 0 Å². The van der Waals surface area contributed by atoms with Crippen molar-refractivity contribution in [3.63, 3.8) is 0 Å². The lowest BCUT2D eigenvalue weighted by Gasteiger charge is -2.08. The molecule has 0 radical (unpaired) electrons. The van der Waals surface area contributed by atoms with Gasteiger partial charge in [0.1, 0.15) is 17.3 Å². The Labute approximate surface area is 135 Å². The summed E-state index contributed by atoms with van der Waals surface area (Å²) in [4.78, 5) is 23.9. The number of para-hydroxylation sites is 2. The van der Waals surface area contributed by atoms with E-state index >= 15 is 0 Å². The van der Waals surface area contributed by atoms with Gasteiger partial charge in [0.15, 0.2) is 0 Å². The lowest BCUT2D eigenvalue weighted by atomic mass is 10.2.